The van der Waals surface area contributed by atoms with E-state index >= 15 is 0 Å². The van der Waals surface area contributed by atoms with E-state index in [1.54, 1.807) is 0 Å². The van der Waals surface area contributed by atoms with Gasteiger partial charge in [-0.25, -0.2) is 9.59 Å². The number of anilines is 1. The molecule has 144 valence electrons. The monoisotopic (exact) mass is 384 g/mol. The molecule has 26 heavy (non-hydrogen) atoms. The first-order valence-corrected chi connectivity index (χ1v) is 8.35. The van der Waals surface area contributed by atoms with Gasteiger partial charge in [0, 0.05) is 12.1 Å². The van der Waals surface area contributed by atoms with Crippen LogP contribution < -0.4 is 10.6 Å². The Bertz CT molecular complexity index is 610. The van der Waals surface area contributed by atoms with Crippen molar-refractivity contribution in [3.8, 4) is 0 Å². The van der Waals surface area contributed by atoms with Crippen molar-refractivity contribution in [1.82, 2.24) is 5.32 Å². The summed E-state index contributed by atoms with van der Waals surface area (Å²) in [5, 5.41) is 6.05. The third kappa shape index (κ3) is 6.31. The normalized spacial score (nSPS) is 14.1. The third-order valence-corrected chi connectivity index (χ3v) is 4.30. The number of rotatable bonds is 6. The molecule has 0 unspecified atom stereocenters. The summed E-state index contributed by atoms with van der Waals surface area (Å²) in [4.78, 5) is 35.7. The van der Waals surface area contributed by atoms with Crippen molar-refractivity contribution in [3.05, 3.63) is 29.3 Å². The second-order valence-electron chi connectivity index (χ2n) is 6.06. The highest BCUT2D eigenvalue weighted by molar-refractivity contribution is 5.99. The maximum atomic E-state index is 12.2. The van der Waals surface area contributed by atoms with Gasteiger partial charge in [0.05, 0.1) is 25.3 Å². The summed E-state index contributed by atoms with van der Waals surface area (Å²) in [7, 11) is 2.51. The lowest BCUT2D eigenvalue weighted by atomic mass is 9.93. The first kappa shape index (κ1) is 21.9. The fraction of sp³-hybridized carbons (Fsp3) is 0.500. The van der Waals surface area contributed by atoms with Crippen LogP contribution in [0.15, 0.2) is 18.2 Å². The van der Waals surface area contributed by atoms with Crippen LogP contribution in [0.4, 0.5) is 5.69 Å². The van der Waals surface area contributed by atoms with Crippen LogP contribution in [-0.4, -0.2) is 45.2 Å². The molecule has 1 aliphatic rings. The predicted molar refractivity (Wildman–Crippen MR) is 99.8 cm³/mol. The number of carbonyl (C=O) groups is 3. The van der Waals surface area contributed by atoms with Crippen LogP contribution in [0.5, 0.6) is 0 Å². The molecule has 8 heteroatoms. The molecule has 0 aliphatic carbocycles. The molecule has 1 aromatic rings. The molecular weight excluding hydrogens is 360 g/mol. The van der Waals surface area contributed by atoms with Crippen molar-refractivity contribution in [2.45, 2.75) is 25.7 Å². The van der Waals surface area contributed by atoms with Crippen molar-refractivity contribution in [2.75, 3.05) is 32.6 Å². The molecule has 1 saturated heterocycles. The lowest BCUT2D eigenvalue weighted by Crippen LogP contribution is -2.28. The van der Waals surface area contributed by atoms with E-state index in [9.17, 15) is 14.4 Å². The zero-order chi connectivity index (χ0) is 18.2. The van der Waals surface area contributed by atoms with Crippen molar-refractivity contribution in [1.29, 1.82) is 0 Å². The Kier molecular flexibility index (Phi) is 9.09. The molecule has 1 aromatic carbocycles. The second-order valence-corrected chi connectivity index (χ2v) is 6.06. The fourth-order valence-corrected chi connectivity index (χ4v) is 2.90. The van der Waals surface area contributed by atoms with Gasteiger partial charge in [0.25, 0.3) is 0 Å². The van der Waals surface area contributed by atoms with Gasteiger partial charge in [-0.1, -0.05) is 0 Å². The average Bonchev–Trinajstić information content (AvgIpc) is 2.65. The van der Waals surface area contributed by atoms with Gasteiger partial charge in [0.1, 0.15) is 0 Å². The predicted octanol–water partition coefficient (Wildman–Crippen LogP) is 2.40. The van der Waals surface area contributed by atoms with Gasteiger partial charge in [0.15, 0.2) is 0 Å². The highest BCUT2D eigenvalue weighted by Gasteiger charge is 2.17. The molecule has 2 N–H and O–H groups in total. The summed E-state index contributed by atoms with van der Waals surface area (Å²) >= 11 is 0. The molecule has 1 aliphatic heterocycles. The molecule has 2 rings (SSSR count). The molecule has 1 amide bonds. The van der Waals surface area contributed by atoms with Crippen molar-refractivity contribution in [2.24, 2.45) is 5.92 Å². The maximum Gasteiger partial charge on any atom is 0.337 e. The third-order valence-electron chi connectivity index (χ3n) is 4.30. The van der Waals surface area contributed by atoms with Crippen molar-refractivity contribution >= 4 is 35.9 Å². The maximum absolute atomic E-state index is 12.2. The molecule has 0 aromatic heterocycles. The van der Waals surface area contributed by atoms with E-state index in [0.29, 0.717) is 18.0 Å². The summed E-state index contributed by atoms with van der Waals surface area (Å²) in [5.74, 6) is -0.762. The number of benzene rings is 1. The molecule has 7 nitrogen and oxygen atoms in total. The zero-order valence-corrected chi connectivity index (χ0v) is 15.8. The van der Waals surface area contributed by atoms with E-state index in [0.717, 1.165) is 32.4 Å². The molecule has 0 bridgehead atoms. The van der Waals surface area contributed by atoms with Gasteiger partial charge in [-0.2, -0.15) is 0 Å². The minimum atomic E-state index is -0.587. The topological polar surface area (TPSA) is 93.7 Å². The first-order chi connectivity index (χ1) is 12.0. The lowest BCUT2D eigenvalue weighted by Gasteiger charge is -2.22. The standard InChI is InChI=1S/C18H24N2O5.ClH/c1-24-17(22)13-9-14(18(23)25-2)11-15(10-13)20-16(21)4-3-12-5-7-19-8-6-12;/h9-12,19H,3-8H2,1-2H3,(H,20,21);1H. The van der Waals surface area contributed by atoms with Crippen LogP contribution in [0, 0.1) is 5.92 Å². The molecular formula is C18H25ClN2O5. The minimum absolute atomic E-state index is 0. The van der Waals surface area contributed by atoms with Crippen molar-refractivity contribution < 1.29 is 23.9 Å². The molecule has 1 heterocycles. The van der Waals surface area contributed by atoms with Crippen LogP contribution in [0.3, 0.4) is 0 Å². The highest BCUT2D eigenvalue weighted by Crippen LogP contribution is 2.20. The molecule has 0 atom stereocenters. The summed E-state index contributed by atoms with van der Waals surface area (Å²) in [6.07, 6.45) is 3.39. The van der Waals surface area contributed by atoms with Crippen LogP contribution in [0.1, 0.15) is 46.4 Å². The minimum Gasteiger partial charge on any atom is -0.465 e. The SMILES string of the molecule is COC(=O)c1cc(NC(=O)CCC2CCNCC2)cc(C(=O)OC)c1.Cl. The number of nitrogens with one attached hydrogen (secondary N) is 2. The number of methoxy groups -OCH3 is 2. The average molecular weight is 385 g/mol. The summed E-state index contributed by atoms with van der Waals surface area (Å²) in [5.41, 5.74) is 0.733. The summed E-state index contributed by atoms with van der Waals surface area (Å²) < 4.78 is 9.36. The van der Waals surface area contributed by atoms with Gasteiger partial charge in [-0.05, 0) is 56.5 Å². The zero-order valence-electron chi connectivity index (χ0n) is 15.0. The Morgan fingerprint density at radius 2 is 1.58 bits per heavy atom. The molecule has 0 radical (unpaired) electrons. The smallest absolute Gasteiger partial charge is 0.337 e. The van der Waals surface area contributed by atoms with E-state index in [2.05, 4.69) is 20.1 Å². The van der Waals surface area contributed by atoms with Gasteiger partial charge >= 0.3 is 11.9 Å². The number of carbonyl (C=O) groups excluding carboxylic acids is 3. The Morgan fingerprint density at radius 3 is 2.08 bits per heavy atom. The number of hydrogen-bond donors (Lipinski definition) is 2. The first-order valence-electron chi connectivity index (χ1n) is 8.35. The van der Waals surface area contributed by atoms with Crippen LogP contribution >= 0.6 is 12.4 Å². The molecule has 1 fully saturated rings. The Morgan fingerprint density at radius 1 is 1.04 bits per heavy atom. The van der Waals surface area contributed by atoms with E-state index in [1.165, 1.54) is 32.4 Å². The molecule has 0 saturated carbocycles. The Hall–Kier alpha value is -2.12. The van der Waals surface area contributed by atoms with Gasteiger partial charge in [-0.15, -0.1) is 12.4 Å². The van der Waals surface area contributed by atoms with E-state index in [1.807, 2.05) is 0 Å². The van der Waals surface area contributed by atoms with E-state index in [4.69, 9.17) is 0 Å². The number of hydrogen-bond acceptors (Lipinski definition) is 6. The number of esters is 2. The van der Waals surface area contributed by atoms with Crippen molar-refractivity contribution in [3.63, 3.8) is 0 Å². The summed E-state index contributed by atoms with van der Waals surface area (Å²) in [6.45, 7) is 1.99. The van der Waals surface area contributed by atoms with Gasteiger partial charge in [-0.3, -0.25) is 4.79 Å². The van der Waals surface area contributed by atoms with Gasteiger partial charge in [0.2, 0.25) is 5.91 Å². The second kappa shape index (κ2) is 10.8. The van der Waals surface area contributed by atoms with Crippen LogP contribution in [0.2, 0.25) is 0 Å². The fourth-order valence-electron chi connectivity index (χ4n) is 2.90. The number of amides is 1. The highest BCUT2D eigenvalue weighted by atomic mass is 35.5. The summed E-state index contributed by atoms with van der Waals surface area (Å²) in [6, 6.07) is 4.35. The number of piperidine rings is 1. The molecule has 0 spiro atoms. The largest absolute Gasteiger partial charge is 0.465 e. The van der Waals surface area contributed by atoms with E-state index < -0.39 is 11.9 Å². The van der Waals surface area contributed by atoms with Crippen LogP contribution in [0.25, 0.3) is 0 Å². The Labute approximate surface area is 159 Å². The van der Waals surface area contributed by atoms with E-state index in [-0.39, 0.29) is 29.4 Å². The Balaban J connectivity index is 0.00000338. The number of halogens is 1. The lowest BCUT2D eigenvalue weighted by molar-refractivity contribution is -0.116. The van der Waals surface area contributed by atoms with Gasteiger partial charge < -0.3 is 20.1 Å². The van der Waals surface area contributed by atoms with Crippen LogP contribution in [-0.2, 0) is 14.3 Å². The number of ether oxygens (including phenoxy) is 2. The quantitative estimate of drug-likeness (QED) is 0.731.